The van der Waals surface area contributed by atoms with Crippen molar-refractivity contribution in [3.05, 3.63) is 48.5 Å². The largest absolute Gasteiger partial charge is 0.573 e. The van der Waals surface area contributed by atoms with Crippen LogP contribution in [0.5, 0.6) is 17.2 Å². The molecule has 1 saturated heterocycles. The molecule has 1 aliphatic rings. The van der Waals surface area contributed by atoms with E-state index < -0.39 is 32.6 Å². The van der Waals surface area contributed by atoms with E-state index in [1.165, 1.54) is 43.4 Å². The van der Waals surface area contributed by atoms with Crippen LogP contribution in [-0.2, 0) is 14.6 Å². The molecule has 1 N–H and O–H groups in total. The zero-order valence-corrected chi connectivity index (χ0v) is 19.1. The molecule has 1 amide bonds. The van der Waals surface area contributed by atoms with Crippen LogP contribution in [0.3, 0.4) is 0 Å². The van der Waals surface area contributed by atoms with Crippen molar-refractivity contribution in [3.63, 3.8) is 0 Å². The molecule has 11 heteroatoms. The molecular formula is C23H23F3N2O5S. The van der Waals surface area contributed by atoms with Crippen LogP contribution in [0.25, 0.3) is 0 Å². The number of terminal acetylenes is 1. The van der Waals surface area contributed by atoms with E-state index in [2.05, 4.69) is 16.0 Å². The zero-order chi connectivity index (χ0) is 25.0. The summed E-state index contributed by atoms with van der Waals surface area (Å²) in [5.41, 5.74) is 0. The van der Waals surface area contributed by atoms with E-state index >= 15 is 0 Å². The van der Waals surface area contributed by atoms with E-state index in [0.717, 1.165) is 12.1 Å². The van der Waals surface area contributed by atoms with Gasteiger partial charge in [-0.05, 0) is 61.4 Å². The Labute approximate surface area is 195 Å². The minimum Gasteiger partial charge on any atom is -0.457 e. The molecular weight excluding hydrogens is 473 g/mol. The molecule has 0 saturated carbocycles. The molecule has 1 aliphatic heterocycles. The van der Waals surface area contributed by atoms with Crippen LogP contribution in [0.1, 0.15) is 12.8 Å². The number of benzene rings is 2. The first-order valence-electron chi connectivity index (χ1n) is 10.3. The van der Waals surface area contributed by atoms with Gasteiger partial charge in [0.05, 0.1) is 11.4 Å². The summed E-state index contributed by atoms with van der Waals surface area (Å²) in [6, 6.07) is 10.3. The summed E-state index contributed by atoms with van der Waals surface area (Å²) in [5.74, 6) is 2.05. The Balaban J connectivity index is 1.78. The van der Waals surface area contributed by atoms with Gasteiger partial charge in [-0.15, -0.1) is 19.6 Å². The fourth-order valence-electron chi connectivity index (χ4n) is 3.80. The number of carbonyl (C=O) groups is 1. The van der Waals surface area contributed by atoms with Gasteiger partial charge in [-0.3, -0.25) is 9.69 Å². The molecule has 0 atom stereocenters. The van der Waals surface area contributed by atoms with Gasteiger partial charge >= 0.3 is 6.36 Å². The van der Waals surface area contributed by atoms with Crippen LogP contribution in [0.4, 0.5) is 13.2 Å². The van der Waals surface area contributed by atoms with E-state index in [4.69, 9.17) is 11.2 Å². The molecule has 3 rings (SSSR count). The lowest BCUT2D eigenvalue weighted by Crippen LogP contribution is -2.57. The fraction of sp³-hybridized carbons (Fsp3) is 0.348. The first-order valence-corrected chi connectivity index (χ1v) is 11.8. The predicted octanol–water partition coefficient (Wildman–Crippen LogP) is 3.37. The Morgan fingerprint density at radius 3 is 2.03 bits per heavy atom. The van der Waals surface area contributed by atoms with Gasteiger partial charge in [0, 0.05) is 20.1 Å². The molecule has 0 aliphatic carbocycles. The van der Waals surface area contributed by atoms with Crippen LogP contribution >= 0.6 is 0 Å². The Hall–Kier alpha value is -3.23. The maximum atomic E-state index is 13.5. The van der Waals surface area contributed by atoms with Crippen LogP contribution in [-0.4, -0.2) is 57.0 Å². The number of piperidine rings is 1. The Kier molecular flexibility index (Phi) is 7.43. The third-order valence-electron chi connectivity index (χ3n) is 5.56. The summed E-state index contributed by atoms with van der Waals surface area (Å²) in [7, 11) is -2.66. The molecule has 1 fully saturated rings. The number of nitrogens with one attached hydrogen (secondary N) is 1. The Bertz CT molecular complexity index is 1150. The summed E-state index contributed by atoms with van der Waals surface area (Å²) >= 11 is 0. The van der Waals surface area contributed by atoms with Crippen molar-refractivity contribution >= 4 is 15.7 Å². The zero-order valence-electron chi connectivity index (χ0n) is 18.3. The number of hydrogen-bond acceptors (Lipinski definition) is 6. The minimum absolute atomic E-state index is 0.0391. The summed E-state index contributed by atoms with van der Waals surface area (Å²) in [6.45, 7) is 1.11. The highest BCUT2D eigenvalue weighted by Crippen LogP contribution is 2.37. The normalized spacial score (nSPS) is 16.3. The van der Waals surface area contributed by atoms with Crippen molar-refractivity contribution in [2.75, 3.05) is 26.7 Å². The molecule has 0 unspecified atom stereocenters. The Morgan fingerprint density at radius 2 is 1.56 bits per heavy atom. The van der Waals surface area contributed by atoms with Crippen molar-refractivity contribution < 1.29 is 35.9 Å². The average Bonchev–Trinajstić information content (AvgIpc) is 2.80. The molecule has 182 valence electrons. The van der Waals surface area contributed by atoms with Crippen molar-refractivity contribution in [3.8, 4) is 29.6 Å². The first-order chi connectivity index (χ1) is 16.0. The standard InChI is InChI=1S/C23H23F3N2O5S/c1-3-14-28-15-12-22(13-16-28,21(29)27-2)34(30,31)20-10-8-18(9-11-20)32-17-4-6-19(7-5-17)33-23(24,25)26/h1,4-11H,12-16H2,2H3,(H,27,29). The molecule has 2 aromatic rings. The first kappa shape index (κ1) is 25.4. The number of alkyl halides is 3. The summed E-state index contributed by atoms with van der Waals surface area (Å²) in [6.07, 6.45) is 0.737. The molecule has 2 aromatic carbocycles. The van der Waals surface area contributed by atoms with E-state index in [-0.39, 0.29) is 29.2 Å². The minimum atomic E-state index is -4.80. The fourth-order valence-corrected chi connectivity index (χ4v) is 5.82. The molecule has 0 radical (unpaired) electrons. The maximum absolute atomic E-state index is 13.5. The van der Waals surface area contributed by atoms with Gasteiger partial charge in [0.2, 0.25) is 5.91 Å². The summed E-state index contributed by atoms with van der Waals surface area (Å²) < 4.78 is 71.6. The number of amides is 1. The number of hydrogen-bond donors (Lipinski definition) is 1. The highest BCUT2D eigenvalue weighted by molar-refractivity contribution is 7.93. The van der Waals surface area contributed by atoms with Crippen LogP contribution < -0.4 is 14.8 Å². The second-order valence-electron chi connectivity index (χ2n) is 7.65. The lowest BCUT2D eigenvalue weighted by Gasteiger charge is -2.39. The van der Waals surface area contributed by atoms with Gasteiger partial charge in [0.1, 0.15) is 17.2 Å². The van der Waals surface area contributed by atoms with Crippen LogP contribution in [0.2, 0.25) is 0 Å². The van der Waals surface area contributed by atoms with Crippen LogP contribution in [0.15, 0.2) is 53.4 Å². The number of carbonyl (C=O) groups excluding carboxylic acids is 1. The number of likely N-dealkylation sites (tertiary alicyclic amines) is 1. The number of ether oxygens (including phenoxy) is 2. The number of nitrogens with zero attached hydrogens (tertiary/aromatic N) is 1. The monoisotopic (exact) mass is 496 g/mol. The lowest BCUT2D eigenvalue weighted by atomic mass is 9.94. The van der Waals surface area contributed by atoms with Gasteiger partial charge in [-0.25, -0.2) is 8.42 Å². The van der Waals surface area contributed by atoms with Gasteiger partial charge in [-0.2, -0.15) is 0 Å². The van der Waals surface area contributed by atoms with Crippen molar-refractivity contribution in [1.82, 2.24) is 10.2 Å². The van der Waals surface area contributed by atoms with Gasteiger partial charge in [0.25, 0.3) is 0 Å². The van der Waals surface area contributed by atoms with Gasteiger partial charge < -0.3 is 14.8 Å². The third-order valence-corrected chi connectivity index (χ3v) is 8.08. The van der Waals surface area contributed by atoms with E-state index in [0.29, 0.717) is 19.6 Å². The average molecular weight is 497 g/mol. The summed E-state index contributed by atoms with van der Waals surface area (Å²) in [5, 5.41) is 2.48. The third kappa shape index (κ3) is 5.46. The highest BCUT2D eigenvalue weighted by Gasteiger charge is 2.52. The van der Waals surface area contributed by atoms with E-state index in [1.807, 2.05) is 4.90 Å². The maximum Gasteiger partial charge on any atom is 0.573 e. The molecule has 7 nitrogen and oxygen atoms in total. The predicted molar refractivity (Wildman–Crippen MR) is 118 cm³/mol. The number of halogens is 3. The lowest BCUT2D eigenvalue weighted by molar-refractivity contribution is -0.274. The number of rotatable bonds is 7. The second-order valence-corrected chi connectivity index (χ2v) is 9.91. The smallest absolute Gasteiger partial charge is 0.457 e. The topological polar surface area (TPSA) is 84.9 Å². The van der Waals surface area contributed by atoms with Crippen molar-refractivity contribution in [2.24, 2.45) is 0 Å². The van der Waals surface area contributed by atoms with Gasteiger partial charge in [0.15, 0.2) is 14.6 Å². The van der Waals surface area contributed by atoms with Gasteiger partial charge in [-0.1, -0.05) is 5.92 Å². The molecule has 0 spiro atoms. The SMILES string of the molecule is C#CCN1CCC(C(=O)NC)(S(=O)(=O)c2ccc(Oc3ccc(OC(F)(F)F)cc3)cc2)CC1. The number of sulfone groups is 1. The highest BCUT2D eigenvalue weighted by atomic mass is 32.2. The van der Waals surface area contributed by atoms with Crippen LogP contribution in [0, 0.1) is 12.3 Å². The van der Waals surface area contributed by atoms with E-state index in [9.17, 15) is 26.4 Å². The molecule has 34 heavy (non-hydrogen) atoms. The second kappa shape index (κ2) is 9.95. The molecule has 1 heterocycles. The molecule has 0 bridgehead atoms. The Morgan fingerprint density at radius 1 is 1.06 bits per heavy atom. The summed E-state index contributed by atoms with van der Waals surface area (Å²) in [4.78, 5) is 14.6. The van der Waals surface area contributed by atoms with E-state index in [1.54, 1.807) is 0 Å². The molecule has 0 aromatic heterocycles. The quantitative estimate of drug-likeness (QED) is 0.592. The van der Waals surface area contributed by atoms with Crippen molar-refractivity contribution in [2.45, 2.75) is 28.8 Å². The van der Waals surface area contributed by atoms with Crippen molar-refractivity contribution in [1.29, 1.82) is 0 Å².